The second kappa shape index (κ2) is 9.41. The van der Waals surface area contributed by atoms with E-state index in [1.165, 1.54) is 7.05 Å². The van der Waals surface area contributed by atoms with Crippen molar-refractivity contribution in [1.29, 1.82) is 0 Å². The number of hydrogen-bond donors (Lipinski definition) is 2. The molecule has 2 aromatic rings. The molecule has 0 bridgehead atoms. The van der Waals surface area contributed by atoms with Crippen LogP contribution in [-0.2, 0) is 27.6 Å². The summed E-state index contributed by atoms with van der Waals surface area (Å²) in [6.45, 7) is 0.448. The van der Waals surface area contributed by atoms with Crippen LogP contribution >= 0.6 is 0 Å². The average Bonchev–Trinajstić information content (AvgIpc) is 2.65. The Kier molecular flexibility index (Phi) is 6.94. The Morgan fingerprint density at radius 2 is 1.64 bits per heavy atom. The summed E-state index contributed by atoms with van der Waals surface area (Å²) >= 11 is 0. The van der Waals surface area contributed by atoms with E-state index >= 15 is 0 Å². The molecule has 0 heterocycles. The summed E-state index contributed by atoms with van der Waals surface area (Å²) in [5.41, 5.74) is 1.80. The summed E-state index contributed by atoms with van der Waals surface area (Å²) in [6, 6.07) is 16.9. The second-order valence-electron chi connectivity index (χ2n) is 5.21. The summed E-state index contributed by atoms with van der Waals surface area (Å²) in [5, 5.41) is 11.8. The Labute approximate surface area is 145 Å². The van der Waals surface area contributed by atoms with Gasteiger partial charge in [-0.05, 0) is 23.3 Å². The molecule has 0 aromatic heterocycles. The molecule has 0 unspecified atom stereocenters. The molecule has 0 saturated carbocycles. The van der Waals surface area contributed by atoms with Crippen LogP contribution in [0.4, 0.5) is 0 Å². The first kappa shape index (κ1) is 18.4. The van der Waals surface area contributed by atoms with E-state index in [1.54, 1.807) is 24.3 Å². The third-order valence-corrected chi connectivity index (χ3v) is 3.33. The lowest BCUT2D eigenvalue weighted by atomic mass is 10.2. The van der Waals surface area contributed by atoms with Crippen molar-refractivity contribution >= 4 is 11.8 Å². The highest BCUT2D eigenvalue weighted by Crippen LogP contribution is 2.15. The monoisotopic (exact) mass is 344 g/mol. The Bertz CT molecular complexity index is 688. The number of nitrogens with zero attached hydrogens (tertiary/aromatic N) is 1. The highest BCUT2D eigenvalue weighted by Gasteiger charge is 2.15. The van der Waals surface area contributed by atoms with Crippen molar-refractivity contribution in [2.45, 2.75) is 19.6 Å². The van der Waals surface area contributed by atoms with E-state index in [2.05, 4.69) is 5.32 Å². The van der Waals surface area contributed by atoms with Gasteiger partial charge in [-0.1, -0.05) is 47.7 Å². The number of rotatable bonds is 8. The maximum atomic E-state index is 11.5. The molecule has 0 aliphatic carbocycles. The molecule has 0 radical (unpaired) electrons. The predicted octanol–water partition coefficient (Wildman–Crippen LogP) is 2.05. The van der Waals surface area contributed by atoms with Crippen LogP contribution in [0.1, 0.15) is 17.5 Å². The molecule has 7 heteroatoms. The van der Waals surface area contributed by atoms with E-state index in [0.717, 1.165) is 11.1 Å². The van der Waals surface area contributed by atoms with Crippen molar-refractivity contribution in [2.75, 3.05) is 7.05 Å². The third-order valence-electron chi connectivity index (χ3n) is 3.33. The van der Waals surface area contributed by atoms with E-state index < -0.39 is 18.2 Å². The molecule has 0 atom stereocenters. The van der Waals surface area contributed by atoms with Gasteiger partial charge in [-0.2, -0.15) is 0 Å². The number of benzene rings is 2. The Morgan fingerprint density at radius 3 is 2.28 bits per heavy atom. The van der Waals surface area contributed by atoms with E-state index in [4.69, 9.17) is 9.57 Å². The van der Waals surface area contributed by atoms with Gasteiger partial charge < -0.3 is 10.1 Å². The van der Waals surface area contributed by atoms with Crippen LogP contribution in [0.3, 0.4) is 0 Å². The Balaban J connectivity index is 1.78. The predicted molar refractivity (Wildman–Crippen MR) is 89.3 cm³/mol. The molecule has 0 aliphatic rings. The molecule has 0 saturated heterocycles. The lowest BCUT2D eigenvalue weighted by molar-refractivity contribution is -0.321. The summed E-state index contributed by atoms with van der Waals surface area (Å²) in [7, 11) is 1.40. The Hall–Kier alpha value is -2.90. The van der Waals surface area contributed by atoms with Crippen molar-refractivity contribution in [2.24, 2.45) is 0 Å². The molecule has 2 aromatic carbocycles. The van der Waals surface area contributed by atoms with Gasteiger partial charge in [-0.25, -0.2) is 4.84 Å². The number of hydroxylamine groups is 2. The van der Waals surface area contributed by atoms with Crippen molar-refractivity contribution in [3.8, 4) is 5.75 Å². The van der Waals surface area contributed by atoms with Gasteiger partial charge >= 0.3 is 0 Å². The SMILES string of the molecule is CNC(=O)CC(=O)N(O)OCc1ccc(OCc2ccccc2)cc1. The van der Waals surface area contributed by atoms with Crippen molar-refractivity contribution < 1.29 is 24.4 Å². The highest BCUT2D eigenvalue weighted by atomic mass is 16.9. The summed E-state index contributed by atoms with van der Waals surface area (Å²) in [6.07, 6.45) is -0.487. The summed E-state index contributed by atoms with van der Waals surface area (Å²) < 4.78 is 5.67. The van der Waals surface area contributed by atoms with Crippen LogP contribution in [0.15, 0.2) is 54.6 Å². The van der Waals surface area contributed by atoms with Crippen molar-refractivity contribution in [1.82, 2.24) is 10.5 Å². The first-order valence-corrected chi connectivity index (χ1v) is 7.69. The van der Waals surface area contributed by atoms with E-state index in [1.807, 2.05) is 30.3 Å². The standard InChI is InChI=1S/C18H20N2O5/c1-19-17(21)11-18(22)20(23)25-13-15-7-9-16(10-8-15)24-12-14-5-3-2-4-6-14/h2-10,23H,11-13H2,1H3,(H,19,21). The molecule has 2 amide bonds. The minimum Gasteiger partial charge on any atom is -0.489 e. The van der Waals surface area contributed by atoms with Crippen LogP contribution in [0.5, 0.6) is 5.75 Å². The minimum absolute atomic E-state index is 0.0189. The average molecular weight is 344 g/mol. The molecule has 2 rings (SSSR count). The molecule has 0 aliphatic heterocycles. The second-order valence-corrected chi connectivity index (χ2v) is 5.21. The molecule has 0 spiro atoms. The van der Waals surface area contributed by atoms with Crippen molar-refractivity contribution in [3.63, 3.8) is 0 Å². The van der Waals surface area contributed by atoms with Crippen LogP contribution in [0.25, 0.3) is 0 Å². The quantitative estimate of drug-likeness (QED) is 0.435. The lowest BCUT2D eigenvalue weighted by Gasteiger charge is -2.14. The number of carbonyl (C=O) groups is 2. The first-order chi connectivity index (χ1) is 12.1. The molecular weight excluding hydrogens is 324 g/mol. The maximum Gasteiger partial charge on any atom is 0.282 e. The fourth-order valence-corrected chi connectivity index (χ4v) is 1.92. The molecule has 7 nitrogen and oxygen atoms in total. The normalized spacial score (nSPS) is 10.2. The smallest absolute Gasteiger partial charge is 0.282 e. The molecule has 132 valence electrons. The number of amides is 2. The number of ether oxygens (including phenoxy) is 1. The van der Waals surface area contributed by atoms with E-state index in [0.29, 0.717) is 12.4 Å². The molecular formula is C18H20N2O5. The fraction of sp³-hybridized carbons (Fsp3) is 0.222. The van der Waals surface area contributed by atoms with E-state index in [-0.39, 0.29) is 11.8 Å². The van der Waals surface area contributed by atoms with E-state index in [9.17, 15) is 14.8 Å². The van der Waals surface area contributed by atoms with Gasteiger partial charge in [0.15, 0.2) is 0 Å². The van der Waals surface area contributed by atoms with Gasteiger partial charge in [0.25, 0.3) is 5.91 Å². The zero-order valence-electron chi connectivity index (χ0n) is 13.8. The first-order valence-electron chi connectivity index (χ1n) is 7.69. The van der Waals surface area contributed by atoms with Gasteiger partial charge in [-0.3, -0.25) is 14.8 Å². The van der Waals surface area contributed by atoms with Gasteiger partial charge in [0.1, 0.15) is 25.4 Å². The van der Waals surface area contributed by atoms with Gasteiger partial charge in [0.2, 0.25) is 5.91 Å². The number of nitrogens with one attached hydrogen (secondary N) is 1. The third kappa shape index (κ3) is 6.25. The van der Waals surface area contributed by atoms with Crippen LogP contribution in [0, 0.1) is 0 Å². The van der Waals surface area contributed by atoms with Gasteiger partial charge in [0.05, 0.1) is 0 Å². The van der Waals surface area contributed by atoms with Gasteiger partial charge in [-0.15, -0.1) is 0 Å². The Morgan fingerprint density at radius 1 is 1.00 bits per heavy atom. The fourth-order valence-electron chi connectivity index (χ4n) is 1.92. The van der Waals surface area contributed by atoms with Crippen LogP contribution in [-0.4, -0.2) is 29.3 Å². The van der Waals surface area contributed by atoms with Crippen molar-refractivity contribution in [3.05, 3.63) is 65.7 Å². The maximum absolute atomic E-state index is 11.5. The molecule has 25 heavy (non-hydrogen) atoms. The summed E-state index contributed by atoms with van der Waals surface area (Å²) in [4.78, 5) is 27.5. The van der Waals surface area contributed by atoms with Crippen LogP contribution < -0.4 is 10.1 Å². The largest absolute Gasteiger partial charge is 0.489 e. The molecule has 2 N–H and O–H groups in total. The lowest BCUT2D eigenvalue weighted by Crippen LogP contribution is -2.32. The zero-order valence-corrected chi connectivity index (χ0v) is 13.8. The zero-order chi connectivity index (χ0) is 18.1. The van der Waals surface area contributed by atoms with Gasteiger partial charge in [0, 0.05) is 7.05 Å². The highest BCUT2D eigenvalue weighted by molar-refractivity contribution is 5.95. The van der Waals surface area contributed by atoms with Crippen LogP contribution in [0.2, 0.25) is 0 Å². The number of hydrogen-bond acceptors (Lipinski definition) is 5. The summed E-state index contributed by atoms with van der Waals surface area (Å²) in [5.74, 6) is -0.654. The topological polar surface area (TPSA) is 88.1 Å². The number of carbonyl (C=O) groups excluding carboxylic acids is 2. The molecule has 0 fully saturated rings. The minimum atomic E-state index is -0.845.